The molecule has 0 unspecified atom stereocenters. The van der Waals surface area contributed by atoms with Crippen molar-refractivity contribution in [2.75, 3.05) is 17.2 Å². The lowest BCUT2D eigenvalue weighted by atomic mass is 9.93. The first-order chi connectivity index (χ1) is 15.8. The average Bonchev–Trinajstić information content (AvgIpc) is 3.21. The van der Waals surface area contributed by atoms with Crippen LogP contribution < -0.4 is 10.6 Å². The van der Waals surface area contributed by atoms with Crippen molar-refractivity contribution >= 4 is 34.5 Å². The summed E-state index contributed by atoms with van der Waals surface area (Å²) in [5, 5.41) is 25.0. The Labute approximate surface area is 192 Å². The highest BCUT2D eigenvalue weighted by Gasteiger charge is 2.31. The summed E-state index contributed by atoms with van der Waals surface area (Å²) in [7, 11) is 0. The van der Waals surface area contributed by atoms with Crippen LogP contribution >= 0.6 is 11.6 Å². The molecule has 4 N–H and O–H groups in total. The first kappa shape index (κ1) is 22.6. The van der Waals surface area contributed by atoms with Crippen LogP contribution in [0, 0.1) is 11.6 Å². The van der Waals surface area contributed by atoms with Crippen molar-refractivity contribution < 1.29 is 28.6 Å². The Hall–Kier alpha value is -3.59. The molecule has 33 heavy (non-hydrogen) atoms. The fraction of sp³-hybridized carbons (Fsp3) is 0.0833. The third-order valence-corrected chi connectivity index (χ3v) is 5.50. The van der Waals surface area contributed by atoms with Crippen LogP contribution in [0.25, 0.3) is 0 Å². The molecule has 0 aromatic heterocycles. The second-order valence-electron chi connectivity index (χ2n) is 7.27. The number of hydrogen-bond donors (Lipinski definition) is 4. The Balaban J connectivity index is 1.87. The first-order valence-corrected chi connectivity index (χ1v) is 10.2. The number of aliphatic hydroxyl groups excluding tert-OH is 2. The molecule has 3 aromatic carbocycles. The van der Waals surface area contributed by atoms with E-state index in [2.05, 4.69) is 10.6 Å². The highest BCUT2D eigenvalue weighted by Crippen LogP contribution is 2.34. The molecule has 3 aromatic rings. The number of halogens is 3. The lowest BCUT2D eigenvalue weighted by Crippen LogP contribution is -2.21. The van der Waals surface area contributed by atoms with Crippen molar-refractivity contribution in [1.82, 2.24) is 0 Å². The minimum Gasteiger partial charge on any atom is -0.393 e. The van der Waals surface area contributed by atoms with E-state index in [9.17, 15) is 28.6 Å². The van der Waals surface area contributed by atoms with Gasteiger partial charge in [0.25, 0.3) is 0 Å². The van der Waals surface area contributed by atoms with Gasteiger partial charge in [-0.25, -0.2) is 8.78 Å². The van der Waals surface area contributed by atoms with Gasteiger partial charge in [0.1, 0.15) is 29.1 Å². The maximum absolute atomic E-state index is 13.8. The van der Waals surface area contributed by atoms with Crippen LogP contribution in [-0.4, -0.2) is 28.4 Å². The molecular formula is C24H17ClF2N2O4. The zero-order valence-electron chi connectivity index (χ0n) is 16.9. The second kappa shape index (κ2) is 9.11. The normalized spacial score (nSPS) is 13.1. The number of Topliss-reactive ketones (excluding diaryl/α,β-unsaturated/α-hetero) is 2. The summed E-state index contributed by atoms with van der Waals surface area (Å²) in [6.07, 6.45) is -1.35. The molecule has 0 saturated carbocycles. The van der Waals surface area contributed by atoms with Gasteiger partial charge in [-0.15, -0.1) is 0 Å². The second-order valence-corrected chi connectivity index (χ2v) is 7.65. The number of anilines is 2. The van der Waals surface area contributed by atoms with E-state index in [-0.39, 0.29) is 27.5 Å². The van der Waals surface area contributed by atoms with Crippen molar-refractivity contribution in [1.29, 1.82) is 0 Å². The monoisotopic (exact) mass is 470 g/mol. The standard InChI is InChI=1S/C24H17ClF2N2O4/c25-21-15(19(31)11-30)4-3-5-16(21)23(33)20(22(32)12-8-13(26)10-14(27)9-12)24-28-17-6-1-2-7-18(17)29-24/h1-10,19,28-31H,11H2/t19-/m0/s1. The largest absolute Gasteiger partial charge is 0.393 e. The number of aliphatic hydroxyl groups is 2. The number of para-hydroxylation sites is 2. The molecule has 1 aliphatic rings. The summed E-state index contributed by atoms with van der Waals surface area (Å²) >= 11 is 6.33. The first-order valence-electron chi connectivity index (χ1n) is 9.80. The van der Waals surface area contributed by atoms with Crippen LogP contribution in [0.2, 0.25) is 5.02 Å². The van der Waals surface area contributed by atoms with Gasteiger partial charge in [0, 0.05) is 22.8 Å². The molecule has 1 aliphatic heterocycles. The molecule has 0 fully saturated rings. The summed E-state index contributed by atoms with van der Waals surface area (Å²) in [4.78, 5) is 26.9. The van der Waals surface area contributed by atoms with Crippen LogP contribution in [0.3, 0.4) is 0 Å². The summed E-state index contributed by atoms with van der Waals surface area (Å²) in [5.74, 6) is -3.72. The van der Waals surface area contributed by atoms with Gasteiger partial charge in [-0.2, -0.15) is 0 Å². The predicted octanol–water partition coefficient (Wildman–Crippen LogP) is 4.46. The van der Waals surface area contributed by atoms with E-state index >= 15 is 0 Å². The molecule has 4 rings (SSSR count). The van der Waals surface area contributed by atoms with Gasteiger partial charge in [0.2, 0.25) is 11.6 Å². The van der Waals surface area contributed by atoms with Crippen molar-refractivity contribution in [3.05, 3.63) is 105 Å². The summed E-state index contributed by atoms with van der Waals surface area (Å²) in [6.45, 7) is -0.634. The molecule has 6 nitrogen and oxygen atoms in total. The van der Waals surface area contributed by atoms with E-state index in [1.165, 1.54) is 18.2 Å². The van der Waals surface area contributed by atoms with Crippen LogP contribution in [0.15, 0.2) is 72.1 Å². The minimum atomic E-state index is -1.35. The molecule has 0 spiro atoms. The van der Waals surface area contributed by atoms with Crippen molar-refractivity contribution in [2.45, 2.75) is 6.10 Å². The molecule has 0 aliphatic carbocycles. The Morgan fingerprint density at radius 3 is 2.09 bits per heavy atom. The average molecular weight is 471 g/mol. The summed E-state index contributed by atoms with van der Waals surface area (Å²) < 4.78 is 27.6. The van der Waals surface area contributed by atoms with Crippen molar-refractivity contribution in [2.24, 2.45) is 0 Å². The van der Waals surface area contributed by atoms with Crippen LogP contribution in [0.4, 0.5) is 20.2 Å². The van der Waals surface area contributed by atoms with Gasteiger partial charge in [-0.1, -0.05) is 35.9 Å². The van der Waals surface area contributed by atoms with Crippen molar-refractivity contribution in [3.8, 4) is 0 Å². The van der Waals surface area contributed by atoms with Crippen LogP contribution in [-0.2, 0) is 0 Å². The number of ketones is 2. The molecule has 1 heterocycles. The third kappa shape index (κ3) is 4.36. The molecule has 0 saturated heterocycles. The van der Waals surface area contributed by atoms with Gasteiger partial charge in [-0.05, 0) is 30.3 Å². The summed E-state index contributed by atoms with van der Waals surface area (Å²) in [6, 6.07) is 13.4. The fourth-order valence-corrected chi connectivity index (χ4v) is 3.84. The third-order valence-electron chi connectivity index (χ3n) is 5.08. The Morgan fingerprint density at radius 1 is 0.909 bits per heavy atom. The smallest absolute Gasteiger partial charge is 0.202 e. The molecule has 9 heteroatoms. The highest BCUT2D eigenvalue weighted by molar-refractivity contribution is 6.39. The van der Waals surface area contributed by atoms with Crippen LogP contribution in [0.5, 0.6) is 0 Å². The van der Waals surface area contributed by atoms with Crippen LogP contribution in [0.1, 0.15) is 32.4 Å². The van der Waals surface area contributed by atoms with Gasteiger partial charge in [0.15, 0.2) is 0 Å². The zero-order valence-corrected chi connectivity index (χ0v) is 17.7. The number of nitrogens with one attached hydrogen (secondary N) is 2. The van der Waals surface area contributed by atoms with E-state index in [0.717, 1.165) is 12.1 Å². The van der Waals surface area contributed by atoms with E-state index in [4.69, 9.17) is 11.6 Å². The number of carbonyl (C=O) groups excluding carboxylic acids is 2. The number of benzene rings is 3. The van der Waals surface area contributed by atoms with E-state index in [0.29, 0.717) is 17.4 Å². The van der Waals surface area contributed by atoms with E-state index in [1.54, 1.807) is 24.3 Å². The molecule has 168 valence electrons. The lowest BCUT2D eigenvalue weighted by Gasteiger charge is -2.15. The molecule has 1 atom stereocenters. The zero-order chi connectivity index (χ0) is 23.7. The predicted molar refractivity (Wildman–Crippen MR) is 119 cm³/mol. The maximum atomic E-state index is 13.8. The quantitative estimate of drug-likeness (QED) is 0.184. The highest BCUT2D eigenvalue weighted by atomic mass is 35.5. The summed E-state index contributed by atoms with van der Waals surface area (Å²) in [5.41, 5.74) is 0.334. The van der Waals surface area contributed by atoms with Gasteiger partial charge < -0.3 is 20.8 Å². The number of fused-ring (bicyclic) bond motifs is 1. The number of rotatable bonds is 6. The minimum absolute atomic E-state index is 0.0139. The molecular weight excluding hydrogens is 454 g/mol. The SMILES string of the molecule is O=C(C(C(=O)c1cccc([C@@H](O)CO)c1Cl)=C1Nc2ccccc2N1)c1cc(F)cc(F)c1. The molecule has 0 radical (unpaired) electrons. The number of carbonyl (C=O) groups is 2. The molecule has 0 bridgehead atoms. The number of allylic oxidation sites excluding steroid dienone is 1. The lowest BCUT2D eigenvalue weighted by molar-refractivity contribution is 0.0946. The topological polar surface area (TPSA) is 98.7 Å². The maximum Gasteiger partial charge on any atom is 0.202 e. The Morgan fingerprint density at radius 2 is 1.52 bits per heavy atom. The number of hydrogen-bond acceptors (Lipinski definition) is 6. The van der Waals surface area contributed by atoms with Gasteiger partial charge in [0.05, 0.1) is 23.0 Å². The van der Waals surface area contributed by atoms with E-state index < -0.39 is 41.5 Å². The van der Waals surface area contributed by atoms with Gasteiger partial charge >= 0.3 is 0 Å². The van der Waals surface area contributed by atoms with E-state index in [1.807, 2.05) is 0 Å². The molecule has 0 amide bonds. The Bertz CT molecular complexity index is 1260. The fourth-order valence-electron chi connectivity index (χ4n) is 3.50. The Kier molecular flexibility index (Phi) is 6.24. The van der Waals surface area contributed by atoms with Gasteiger partial charge in [-0.3, -0.25) is 9.59 Å². The van der Waals surface area contributed by atoms with Crippen molar-refractivity contribution in [3.63, 3.8) is 0 Å².